The molecule has 0 fully saturated rings. The van der Waals surface area contributed by atoms with Gasteiger partial charge in [-0.1, -0.05) is 95.8 Å². The van der Waals surface area contributed by atoms with Crippen LogP contribution in [0.15, 0.2) is 24.3 Å². The normalized spacial score (nSPS) is 12.8. The predicted octanol–water partition coefficient (Wildman–Crippen LogP) is 7.49. The molecular weight excluding hydrogens is 501 g/mol. The van der Waals surface area contributed by atoms with Crippen molar-refractivity contribution in [2.75, 3.05) is 33.4 Å². The van der Waals surface area contributed by atoms with Gasteiger partial charge in [-0.15, -0.1) is 0 Å². The summed E-state index contributed by atoms with van der Waals surface area (Å²) in [5.41, 5.74) is 0.955. The van der Waals surface area contributed by atoms with E-state index in [0.29, 0.717) is 19.6 Å². The van der Waals surface area contributed by atoms with Crippen molar-refractivity contribution >= 4 is 14.6 Å². The maximum Gasteiger partial charge on any atom is 0.329 e. The number of carbonyl (C=O) groups excluding carboxylic acids is 1. The number of esters is 1. The molecule has 0 saturated heterocycles. The van der Waals surface area contributed by atoms with Gasteiger partial charge in [-0.2, -0.15) is 0 Å². The molecule has 38 heavy (non-hydrogen) atoms. The number of hydrogen-bond donors (Lipinski definition) is 2. The Morgan fingerprint density at radius 3 is 2.11 bits per heavy atom. The fraction of sp³-hybridized carbons (Fsp3) is 0.767. The molecule has 0 heterocycles. The molecular formula is C30H54NO6P. The second kappa shape index (κ2) is 24.8. The van der Waals surface area contributed by atoms with E-state index in [-0.39, 0.29) is 12.6 Å². The van der Waals surface area contributed by atoms with Crippen molar-refractivity contribution in [3.8, 4) is 5.75 Å². The number of rotatable bonds is 26. The molecule has 220 valence electrons. The van der Waals surface area contributed by atoms with Gasteiger partial charge in [0, 0.05) is 13.3 Å². The van der Waals surface area contributed by atoms with Crippen molar-refractivity contribution in [3.63, 3.8) is 0 Å². The minimum atomic E-state index is -2.01. The van der Waals surface area contributed by atoms with E-state index in [1.165, 1.54) is 77.6 Å². The summed E-state index contributed by atoms with van der Waals surface area (Å²) < 4.78 is 22.4. The lowest BCUT2D eigenvalue weighted by Crippen LogP contribution is -2.24. The van der Waals surface area contributed by atoms with Crippen LogP contribution in [0.5, 0.6) is 5.75 Å². The van der Waals surface area contributed by atoms with Crippen molar-refractivity contribution in [2.45, 2.75) is 116 Å². The number of carbonyl (C=O) groups is 1. The van der Waals surface area contributed by atoms with Crippen molar-refractivity contribution < 1.29 is 28.2 Å². The van der Waals surface area contributed by atoms with Gasteiger partial charge in [0.2, 0.25) is 0 Å². The van der Waals surface area contributed by atoms with Crippen LogP contribution in [-0.4, -0.2) is 50.4 Å². The Morgan fingerprint density at radius 2 is 1.47 bits per heavy atom. The highest BCUT2D eigenvalue weighted by Gasteiger charge is 2.19. The first-order valence-corrected chi connectivity index (χ1v) is 16.0. The van der Waals surface area contributed by atoms with Gasteiger partial charge < -0.3 is 28.7 Å². The molecule has 2 atom stereocenters. The number of nitrogens with one attached hydrogen (secondary N) is 1. The molecule has 1 aromatic carbocycles. The molecule has 0 aliphatic rings. The number of para-hydroxylation sites is 1. The Bertz CT molecular complexity index is 692. The van der Waals surface area contributed by atoms with Crippen LogP contribution in [0, 0.1) is 0 Å². The van der Waals surface area contributed by atoms with Crippen LogP contribution in [0.25, 0.3) is 0 Å². The molecule has 7 nitrogen and oxygen atoms in total. The molecule has 0 aliphatic heterocycles. The zero-order valence-electron chi connectivity index (χ0n) is 24.3. The molecule has 0 bridgehead atoms. The minimum absolute atomic E-state index is 0.0609. The molecule has 1 aromatic rings. The fourth-order valence-corrected chi connectivity index (χ4v) is 4.94. The lowest BCUT2D eigenvalue weighted by Gasteiger charge is -2.20. The first-order valence-electron chi connectivity index (χ1n) is 14.8. The molecule has 0 radical (unpaired) electrons. The number of hydrogen-bond acceptors (Lipinski definition) is 7. The van der Waals surface area contributed by atoms with E-state index in [1.54, 1.807) is 0 Å². The summed E-state index contributed by atoms with van der Waals surface area (Å²) >= 11 is 0. The summed E-state index contributed by atoms with van der Waals surface area (Å²) in [6, 6.07) is 7.83. The Hall–Kier alpha value is -1.24. The third kappa shape index (κ3) is 19.8. The van der Waals surface area contributed by atoms with Crippen LogP contribution in [0.4, 0.5) is 0 Å². The minimum Gasteiger partial charge on any atom is -0.493 e. The number of benzene rings is 1. The topological polar surface area (TPSA) is 86.2 Å². The third-order valence-electron chi connectivity index (χ3n) is 6.40. The monoisotopic (exact) mass is 555 g/mol. The maximum atomic E-state index is 11.7. The quantitative estimate of drug-likeness (QED) is 0.0696. The van der Waals surface area contributed by atoms with Crippen LogP contribution in [-0.2, 0) is 25.0 Å². The molecule has 1 rings (SSSR count). The van der Waals surface area contributed by atoms with Gasteiger partial charge >= 0.3 is 14.6 Å². The average molecular weight is 556 g/mol. The summed E-state index contributed by atoms with van der Waals surface area (Å²) in [4.78, 5) is 21.7. The van der Waals surface area contributed by atoms with Gasteiger partial charge in [-0.25, -0.2) is 0 Å². The van der Waals surface area contributed by atoms with Gasteiger partial charge in [-0.05, 0) is 44.5 Å². The first-order chi connectivity index (χ1) is 18.6. The number of unbranched alkanes of at least 4 members (excludes halogenated alkanes) is 12. The van der Waals surface area contributed by atoms with Crippen molar-refractivity contribution in [3.05, 3.63) is 29.8 Å². The highest BCUT2D eigenvalue weighted by Crippen LogP contribution is 2.33. The maximum absolute atomic E-state index is 11.7. The van der Waals surface area contributed by atoms with E-state index < -0.39 is 14.7 Å². The van der Waals surface area contributed by atoms with Crippen LogP contribution in [0.2, 0.25) is 0 Å². The van der Waals surface area contributed by atoms with E-state index >= 15 is 0 Å². The zero-order chi connectivity index (χ0) is 27.7. The highest BCUT2D eigenvalue weighted by molar-refractivity contribution is 7.40. The Morgan fingerprint density at radius 1 is 0.868 bits per heavy atom. The SMILES string of the molecule is CCCCCCCCCCCCCCOc1ccccc1CC(COP(O)OCCCCNC)OC(C)=O. The lowest BCUT2D eigenvalue weighted by molar-refractivity contribution is -0.147. The highest BCUT2D eigenvalue weighted by atomic mass is 31.2. The van der Waals surface area contributed by atoms with E-state index in [2.05, 4.69) is 12.2 Å². The molecule has 2 N–H and O–H groups in total. The van der Waals surface area contributed by atoms with Gasteiger partial charge in [-0.3, -0.25) is 4.79 Å². The number of ether oxygens (including phenoxy) is 2. The summed E-state index contributed by atoms with van der Waals surface area (Å²) in [5.74, 6) is 0.420. The standard InChI is InChI=1S/C30H54NO6P/c1-4-5-6-7-8-9-10-11-12-13-14-18-23-34-30-21-16-15-20-28(30)25-29(37-27(2)32)26-36-38(33)35-24-19-17-22-31-3/h15-16,20-21,29,31,33H,4-14,17-19,22-26H2,1-3H3. The van der Waals surface area contributed by atoms with Crippen molar-refractivity contribution in [1.29, 1.82) is 0 Å². The molecule has 0 aliphatic carbocycles. The predicted molar refractivity (Wildman–Crippen MR) is 156 cm³/mol. The Balaban J connectivity index is 2.30. The smallest absolute Gasteiger partial charge is 0.329 e. The van der Waals surface area contributed by atoms with Crippen LogP contribution in [0.1, 0.15) is 109 Å². The van der Waals surface area contributed by atoms with Crippen LogP contribution < -0.4 is 10.1 Å². The first kappa shape index (κ1) is 34.8. The fourth-order valence-electron chi connectivity index (χ4n) is 4.28. The molecule has 0 aromatic heterocycles. The average Bonchev–Trinajstić information content (AvgIpc) is 2.90. The summed E-state index contributed by atoms with van der Waals surface area (Å²) in [6.45, 7) is 5.71. The van der Waals surface area contributed by atoms with Crippen LogP contribution in [0.3, 0.4) is 0 Å². The van der Waals surface area contributed by atoms with Gasteiger partial charge in [0.15, 0.2) is 0 Å². The molecule has 0 spiro atoms. The molecule has 2 unspecified atom stereocenters. The molecule has 0 amide bonds. The molecule has 8 heteroatoms. The van der Waals surface area contributed by atoms with E-state index in [1.807, 2.05) is 31.3 Å². The van der Waals surface area contributed by atoms with E-state index in [9.17, 15) is 9.69 Å². The van der Waals surface area contributed by atoms with Crippen molar-refractivity contribution in [2.24, 2.45) is 0 Å². The Labute approximate surface area is 233 Å². The van der Waals surface area contributed by atoms with Crippen LogP contribution >= 0.6 is 8.60 Å². The Kier molecular flexibility index (Phi) is 22.7. The second-order valence-electron chi connectivity index (χ2n) is 9.96. The summed E-state index contributed by atoms with van der Waals surface area (Å²) in [7, 11) is -0.105. The van der Waals surface area contributed by atoms with Gasteiger partial charge in [0.1, 0.15) is 11.9 Å². The molecule has 0 saturated carbocycles. The second-order valence-corrected chi connectivity index (χ2v) is 11.0. The summed E-state index contributed by atoms with van der Waals surface area (Å²) in [6.07, 6.45) is 17.5. The summed E-state index contributed by atoms with van der Waals surface area (Å²) in [5, 5.41) is 3.07. The lowest BCUT2D eigenvalue weighted by atomic mass is 10.1. The van der Waals surface area contributed by atoms with Crippen molar-refractivity contribution in [1.82, 2.24) is 5.32 Å². The van der Waals surface area contributed by atoms with E-state index in [4.69, 9.17) is 18.5 Å². The largest absolute Gasteiger partial charge is 0.493 e. The van der Waals surface area contributed by atoms with E-state index in [0.717, 1.165) is 37.1 Å². The zero-order valence-corrected chi connectivity index (χ0v) is 25.2. The van der Waals surface area contributed by atoms with Gasteiger partial charge in [0.05, 0.1) is 19.8 Å². The van der Waals surface area contributed by atoms with Gasteiger partial charge in [0.25, 0.3) is 0 Å². The third-order valence-corrected chi connectivity index (χ3v) is 7.18.